The Morgan fingerprint density at radius 2 is 2.26 bits per heavy atom. The van der Waals surface area contributed by atoms with Crippen molar-refractivity contribution in [2.45, 2.75) is 38.8 Å². The van der Waals surface area contributed by atoms with Crippen molar-refractivity contribution in [1.82, 2.24) is 25.2 Å². The van der Waals surface area contributed by atoms with Gasteiger partial charge in [-0.3, -0.25) is 4.79 Å². The topological polar surface area (TPSA) is 63.1 Å². The van der Waals surface area contributed by atoms with E-state index in [2.05, 4.69) is 29.5 Å². The van der Waals surface area contributed by atoms with Crippen LogP contribution in [0.3, 0.4) is 0 Å². The lowest BCUT2D eigenvalue weighted by Crippen LogP contribution is -2.43. The van der Waals surface area contributed by atoms with Gasteiger partial charge in [-0.1, -0.05) is 19.1 Å². The van der Waals surface area contributed by atoms with Crippen LogP contribution in [0.25, 0.3) is 0 Å². The standard InChI is InChI=1S/C13H21N5O/c1-9(2)7-17(10-3-4-10)13(19)12-8-18(16-15-12)11-5-14-6-11/h8-11,14H,3-7H2,1-2H3. The predicted molar refractivity (Wildman–Crippen MR) is 70.8 cm³/mol. The molecule has 3 rings (SSSR count). The molecular weight excluding hydrogens is 242 g/mol. The molecule has 19 heavy (non-hydrogen) atoms. The molecule has 1 aromatic heterocycles. The second-order valence-electron chi connectivity index (χ2n) is 5.98. The molecule has 1 amide bonds. The van der Waals surface area contributed by atoms with Crippen LogP contribution in [0, 0.1) is 5.92 Å². The van der Waals surface area contributed by atoms with Crippen LogP contribution in [0.4, 0.5) is 0 Å². The minimum atomic E-state index is 0.0368. The quantitative estimate of drug-likeness (QED) is 0.848. The number of carbonyl (C=O) groups excluding carboxylic acids is 1. The number of rotatable bonds is 5. The summed E-state index contributed by atoms with van der Waals surface area (Å²) in [7, 11) is 0. The van der Waals surface area contributed by atoms with Gasteiger partial charge in [0.25, 0.3) is 5.91 Å². The molecule has 2 aliphatic rings. The molecule has 6 nitrogen and oxygen atoms in total. The monoisotopic (exact) mass is 263 g/mol. The van der Waals surface area contributed by atoms with Gasteiger partial charge in [-0.25, -0.2) is 4.68 Å². The zero-order chi connectivity index (χ0) is 13.4. The van der Waals surface area contributed by atoms with Crippen LogP contribution < -0.4 is 5.32 Å². The zero-order valence-electron chi connectivity index (χ0n) is 11.5. The molecule has 1 aliphatic heterocycles. The Morgan fingerprint density at radius 1 is 1.53 bits per heavy atom. The first-order valence-electron chi connectivity index (χ1n) is 7.08. The van der Waals surface area contributed by atoms with Crippen LogP contribution in [-0.4, -0.2) is 51.5 Å². The Morgan fingerprint density at radius 3 is 2.79 bits per heavy atom. The highest BCUT2D eigenvalue weighted by Gasteiger charge is 2.34. The fourth-order valence-corrected chi connectivity index (χ4v) is 2.34. The maximum atomic E-state index is 12.5. The van der Waals surface area contributed by atoms with Crippen molar-refractivity contribution < 1.29 is 4.79 Å². The number of amides is 1. The Bertz CT molecular complexity index is 461. The average Bonchev–Trinajstić information content (AvgIpc) is 3.03. The number of nitrogens with one attached hydrogen (secondary N) is 1. The molecule has 104 valence electrons. The van der Waals surface area contributed by atoms with E-state index in [0.29, 0.717) is 23.7 Å². The van der Waals surface area contributed by atoms with Crippen molar-refractivity contribution in [2.75, 3.05) is 19.6 Å². The molecule has 0 bridgehead atoms. The molecule has 1 aliphatic carbocycles. The van der Waals surface area contributed by atoms with E-state index in [1.807, 2.05) is 9.58 Å². The van der Waals surface area contributed by atoms with Gasteiger partial charge in [0, 0.05) is 25.7 Å². The SMILES string of the molecule is CC(C)CN(C(=O)c1cn(C2CNC2)nn1)C1CC1. The highest BCUT2D eigenvalue weighted by molar-refractivity contribution is 5.92. The third-order valence-corrected chi connectivity index (χ3v) is 3.67. The van der Waals surface area contributed by atoms with Crippen molar-refractivity contribution >= 4 is 5.91 Å². The van der Waals surface area contributed by atoms with Gasteiger partial charge in [-0.2, -0.15) is 0 Å². The smallest absolute Gasteiger partial charge is 0.276 e. The van der Waals surface area contributed by atoms with Crippen LogP contribution in [0.1, 0.15) is 43.2 Å². The fraction of sp³-hybridized carbons (Fsp3) is 0.769. The second-order valence-corrected chi connectivity index (χ2v) is 5.98. The molecule has 1 saturated heterocycles. The summed E-state index contributed by atoms with van der Waals surface area (Å²) >= 11 is 0. The molecule has 0 unspecified atom stereocenters. The summed E-state index contributed by atoms with van der Waals surface area (Å²) in [6, 6.07) is 0.777. The molecule has 1 N–H and O–H groups in total. The zero-order valence-corrected chi connectivity index (χ0v) is 11.5. The minimum absolute atomic E-state index is 0.0368. The van der Waals surface area contributed by atoms with Gasteiger partial charge in [0.1, 0.15) is 0 Å². The molecule has 0 radical (unpaired) electrons. The van der Waals surface area contributed by atoms with Crippen molar-refractivity contribution in [1.29, 1.82) is 0 Å². The molecular formula is C13H21N5O. The van der Waals surface area contributed by atoms with Crippen LogP contribution >= 0.6 is 0 Å². The Hall–Kier alpha value is -1.43. The van der Waals surface area contributed by atoms with Crippen LogP contribution in [0.2, 0.25) is 0 Å². The number of hydrogen-bond donors (Lipinski definition) is 1. The van der Waals surface area contributed by atoms with Crippen molar-refractivity contribution in [2.24, 2.45) is 5.92 Å². The minimum Gasteiger partial charge on any atom is -0.334 e. The molecule has 2 heterocycles. The van der Waals surface area contributed by atoms with E-state index < -0.39 is 0 Å². The first kappa shape index (κ1) is 12.6. The summed E-state index contributed by atoms with van der Waals surface area (Å²) in [4.78, 5) is 14.5. The molecule has 0 atom stereocenters. The summed E-state index contributed by atoms with van der Waals surface area (Å²) < 4.78 is 1.81. The largest absolute Gasteiger partial charge is 0.334 e. The highest BCUT2D eigenvalue weighted by Crippen LogP contribution is 2.28. The Balaban J connectivity index is 1.71. The highest BCUT2D eigenvalue weighted by atomic mass is 16.2. The lowest BCUT2D eigenvalue weighted by molar-refractivity contribution is 0.0716. The number of aromatic nitrogens is 3. The van der Waals surface area contributed by atoms with Gasteiger partial charge in [0.2, 0.25) is 0 Å². The normalized spacial score (nSPS) is 19.5. The number of hydrogen-bond acceptors (Lipinski definition) is 4. The Kier molecular flexibility index (Phi) is 3.26. The first-order chi connectivity index (χ1) is 9.15. The fourth-order valence-electron chi connectivity index (χ4n) is 2.34. The summed E-state index contributed by atoms with van der Waals surface area (Å²) in [6.45, 7) is 6.91. The maximum Gasteiger partial charge on any atom is 0.276 e. The van der Waals surface area contributed by atoms with Gasteiger partial charge in [0.15, 0.2) is 5.69 Å². The van der Waals surface area contributed by atoms with Crippen molar-refractivity contribution in [3.05, 3.63) is 11.9 Å². The molecule has 1 aromatic rings. The third kappa shape index (κ3) is 2.63. The van der Waals surface area contributed by atoms with E-state index in [9.17, 15) is 4.79 Å². The average molecular weight is 263 g/mol. The van der Waals surface area contributed by atoms with E-state index in [1.54, 1.807) is 6.20 Å². The van der Waals surface area contributed by atoms with Crippen molar-refractivity contribution in [3.63, 3.8) is 0 Å². The molecule has 6 heteroatoms. The van der Waals surface area contributed by atoms with Crippen LogP contribution in [0.15, 0.2) is 6.20 Å². The van der Waals surface area contributed by atoms with Gasteiger partial charge in [0.05, 0.1) is 12.2 Å². The predicted octanol–water partition coefficient (Wildman–Crippen LogP) is 0.683. The van der Waals surface area contributed by atoms with E-state index in [0.717, 1.165) is 32.5 Å². The van der Waals surface area contributed by atoms with Crippen molar-refractivity contribution in [3.8, 4) is 0 Å². The van der Waals surface area contributed by atoms with E-state index in [1.165, 1.54) is 0 Å². The summed E-state index contributed by atoms with van der Waals surface area (Å²) in [5, 5.41) is 11.3. The maximum absolute atomic E-state index is 12.5. The van der Waals surface area contributed by atoms with Crippen LogP contribution in [-0.2, 0) is 0 Å². The van der Waals surface area contributed by atoms with Gasteiger partial charge >= 0.3 is 0 Å². The summed E-state index contributed by atoms with van der Waals surface area (Å²) in [5.41, 5.74) is 0.486. The molecule has 0 aromatic carbocycles. The van der Waals surface area contributed by atoms with Gasteiger partial charge < -0.3 is 10.2 Å². The number of nitrogens with zero attached hydrogens (tertiary/aromatic N) is 4. The van der Waals surface area contributed by atoms with E-state index >= 15 is 0 Å². The third-order valence-electron chi connectivity index (χ3n) is 3.67. The lowest BCUT2D eigenvalue weighted by Gasteiger charge is -2.26. The lowest BCUT2D eigenvalue weighted by atomic mass is 10.2. The Labute approximate surface area is 113 Å². The second kappa shape index (κ2) is 4.92. The van der Waals surface area contributed by atoms with E-state index in [-0.39, 0.29) is 5.91 Å². The number of carbonyl (C=O) groups is 1. The van der Waals surface area contributed by atoms with Gasteiger partial charge in [-0.15, -0.1) is 5.10 Å². The van der Waals surface area contributed by atoms with E-state index in [4.69, 9.17) is 0 Å². The molecule has 1 saturated carbocycles. The summed E-state index contributed by atoms with van der Waals surface area (Å²) in [5.74, 6) is 0.519. The first-order valence-corrected chi connectivity index (χ1v) is 7.08. The van der Waals surface area contributed by atoms with Crippen LogP contribution in [0.5, 0.6) is 0 Å². The van der Waals surface area contributed by atoms with Gasteiger partial charge in [-0.05, 0) is 18.8 Å². The molecule has 2 fully saturated rings. The molecule has 0 spiro atoms. The summed E-state index contributed by atoms with van der Waals surface area (Å²) in [6.07, 6.45) is 4.04.